The first-order valence-electron chi connectivity index (χ1n) is 4.51. The van der Waals surface area contributed by atoms with Crippen LogP contribution in [0.4, 0.5) is 0 Å². The van der Waals surface area contributed by atoms with Crippen LogP contribution in [0.3, 0.4) is 0 Å². The number of benzene rings is 1. The first-order valence-corrected chi connectivity index (χ1v) is 5.27. The Bertz CT molecular complexity index is 432. The number of halogens is 2. The number of rotatable bonds is 1. The Morgan fingerprint density at radius 1 is 1.07 bits per heavy atom. The van der Waals surface area contributed by atoms with Crippen molar-refractivity contribution in [3.63, 3.8) is 0 Å². The highest BCUT2D eigenvalue weighted by Gasteiger charge is 2.15. The molecule has 0 saturated heterocycles. The quantitative estimate of drug-likeness (QED) is 0.808. The highest BCUT2D eigenvalue weighted by atomic mass is 35.5. The average molecular weight is 242 g/mol. The summed E-state index contributed by atoms with van der Waals surface area (Å²) in [7, 11) is 0. The van der Waals surface area contributed by atoms with Crippen LogP contribution in [-0.4, -0.2) is 11.5 Å². The Balaban J connectivity index is 2.46. The van der Waals surface area contributed by atoms with Gasteiger partial charge >= 0.3 is 0 Å². The summed E-state index contributed by atoms with van der Waals surface area (Å²) in [5.41, 5.74) is 7.08. The predicted octanol–water partition coefficient (Wildman–Crippen LogP) is 2.85. The molecule has 0 aliphatic carbocycles. The standard InChI is InChI=1S/C10H9Cl2N3/c11-6-2-1-3-7(12)10(6)8-4-5-9(13)15-14-8/h1-3H,4-5H2,(H2,13,15). The summed E-state index contributed by atoms with van der Waals surface area (Å²) in [4.78, 5) is 0. The first kappa shape index (κ1) is 10.5. The molecule has 1 aromatic rings. The van der Waals surface area contributed by atoms with E-state index in [1.807, 2.05) is 0 Å². The van der Waals surface area contributed by atoms with Crippen LogP contribution in [-0.2, 0) is 0 Å². The first-order chi connectivity index (χ1) is 7.18. The lowest BCUT2D eigenvalue weighted by atomic mass is 10.0. The average Bonchev–Trinajstić information content (AvgIpc) is 2.20. The normalized spacial score (nSPS) is 15.9. The van der Waals surface area contributed by atoms with Crippen molar-refractivity contribution in [1.29, 1.82) is 0 Å². The third-order valence-electron chi connectivity index (χ3n) is 2.17. The van der Waals surface area contributed by atoms with Gasteiger partial charge in [-0.3, -0.25) is 0 Å². The number of nitrogens with two attached hydrogens (primary N) is 1. The number of hydrogen-bond donors (Lipinski definition) is 1. The summed E-state index contributed by atoms with van der Waals surface area (Å²) in [5, 5.41) is 9.04. The molecule has 15 heavy (non-hydrogen) atoms. The fraction of sp³-hybridized carbons (Fsp3) is 0.200. The molecular formula is C10H9Cl2N3. The largest absolute Gasteiger partial charge is 0.386 e. The molecule has 0 unspecified atom stereocenters. The van der Waals surface area contributed by atoms with Gasteiger partial charge < -0.3 is 5.73 Å². The monoisotopic (exact) mass is 241 g/mol. The van der Waals surface area contributed by atoms with Crippen molar-refractivity contribution in [2.24, 2.45) is 15.9 Å². The van der Waals surface area contributed by atoms with Crippen LogP contribution >= 0.6 is 23.2 Å². The molecule has 0 saturated carbocycles. The molecule has 1 aromatic carbocycles. The van der Waals surface area contributed by atoms with Crippen molar-refractivity contribution < 1.29 is 0 Å². The molecule has 0 radical (unpaired) electrons. The van der Waals surface area contributed by atoms with Gasteiger partial charge in [-0.25, -0.2) is 0 Å². The minimum atomic E-state index is 0.543. The van der Waals surface area contributed by atoms with Gasteiger partial charge in [0.15, 0.2) is 0 Å². The Morgan fingerprint density at radius 2 is 1.73 bits per heavy atom. The molecule has 2 rings (SSSR count). The molecule has 1 aliphatic rings. The van der Waals surface area contributed by atoms with E-state index in [1.165, 1.54) is 0 Å². The molecule has 0 atom stereocenters. The molecule has 78 valence electrons. The summed E-state index contributed by atoms with van der Waals surface area (Å²) in [5.74, 6) is 0.543. The molecule has 0 amide bonds. The van der Waals surface area contributed by atoms with Gasteiger partial charge in [-0.2, -0.15) is 5.10 Å². The van der Waals surface area contributed by atoms with Crippen LogP contribution in [0.2, 0.25) is 10.0 Å². The Labute approximate surface area is 97.6 Å². The lowest BCUT2D eigenvalue weighted by molar-refractivity contribution is 1.02. The van der Waals surface area contributed by atoms with Crippen molar-refractivity contribution in [3.05, 3.63) is 33.8 Å². The number of nitrogens with zero attached hydrogens (tertiary/aromatic N) is 2. The summed E-state index contributed by atoms with van der Waals surface area (Å²) in [6.45, 7) is 0. The number of hydrogen-bond acceptors (Lipinski definition) is 3. The third kappa shape index (κ3) is 2.13. The van der Waals surface area contributed by atoms with Crippen molar-refractivity contribution in [1.82, 2.24) is 0 Å². The maximum absolute atomic E-state index is 6.05. The van der Waals surface area contributed by atoms with Gasteiger partial charge in [0.25, 0.3) is 0 Å². The molecule has 0 fully saturated rings. The smallest absolute Gasteiger partial charge is 0.122 e. The second kappa shape index (κ2) is 4.21. The van der Waals surface area contributed by atoms with Gasteiger partial charge in [-0.15, -0.1) is 5.10 Å². The molecule has 0 spiro atoms. The second-order valence-electron chi connectivity index (χ2n) is 3.23. The number of amidine groups is 1. The SMILES string of the molecule is NC1=NN=C(c2c(Cl)cccc2Cl)CC1. The van der Waals surface area contributed by atoms with Gasteiger partial charge in [-0.1, -0.05) is 29.3 Å². The van der Waals surface area contributed by atoms with Crippen molar-refractivity contribution in [2.45, 2.75) is 12.8 Å². The Kier molecular flexibility index (Phi) is 2.93. The van der Waals surface area contributed by atoms with Crippen LogP contribution in [0.25, 0.3) is 0 Å². The molecule has 2 N–H and O–H groups in total. The summed E-state index contributed by atoms with van der Waals surface area (Å²) < 4.78 is 0. The summed E-state index contributed by atoms with van der Waals surface area (Å²) >= 11 is 12.1. The van der Waals surface area contributed by atoms with E-state index in [4.69, 9.17) is 28.9 Å². The predicted molar refractivity (Wildman–Crippen MR) is 63.9 cm³/mol. The Hall–Kier alpha value is -1.06. The minimum Gasteiger partial charge on any atom is -0.386 e. The van der Waals surface area contributed by atoms with E-state index >= 15 is 0 Å². The zero-order valence-corrected chi connectivity index (χ0v) is 9.39. The van der Waals surface area contributed by atoms with E-state index in [1.54, 1.807) is 18.2 Å². The highest BCUT2D eigenvalue weighted by Crippen LogP contribution is 2.27. The molecular weight excluding hydrogens is 233 g/mol. The highest BCUT2D eigenvalue weighted by molar-refractivity contribution is 6.40. The van der Waals surface area contributed by atoms with Gasteiger partial charge in [0.05, 0.1) is 15.8 Å². The molecule has 0 bridgehead atoms. The molecule has 3 nitrogen and oxygen atoms in total. The van der Waals surface area contributed by atoms with Gasteiger partial charge in [0, 0.05) is 12.0 Å². The summed E-state index contributed by atoms with van der Waals surface area (Å²) in [6, 6.07) is 5.37. The third-order valence-corrected chi connectivity index (χ3v) is 2.80. The zero-order chi connectivity index (χ0) is 10.8. The van der Waals surface area contributed by atoms with E-state index in [2.05, 4.69) is 10.2 Å². The van der Waals surface area contributed by atoms with Crippen LogP contribution in [0, 0.1) is 0 Å². The second-order valence-corrected chi connectivity index (χ2v) is 4.05. The van der Waals surface area contributed by atoms with E-state index in [9.17, 15) is 0 Å². The van der Waals surface area contributed by atoms with Gasteiger partial charge in [0.1, 0.15) is 5.84 Å². The van der Waals surface area contributed by atoms with Crippen molar-refractivity contribution >= 4 is 34.7 Å². The molecule has 0 aromatic heterocycles. The van der Waals surface area contributed by atoms with E-state index < -0.39 is 0 Å². The maximum atomic E-state index is 6.05. The van der Waals surface area contributed by atoms with Crippen molar-refractivity contribution in [3.8, 4) is 0 Å². The lowest BCUT2D eigenvalue weighted by Crippen LogP contribution is -2.18. The van der Waals surface area contributed by atoms with Crippen molar-refractivity contribution in [2.75, 3.05) is 0 Å². The molecule has 1 heterocycles. The fourth-order valence-corrected chi connectivity index (χ4v) is 2.04. The van der Waals surface area contributed by atoms with E-state index in [0.29, 0.717) is 22.3 Å². The fourth-order valence-electron chi connectivity index (χ4n) is 1.42. The molecule has 1 aliphatic heterocycles. The minimum absolute atomic E-state index is 0.543. The topological polar surface area (TPSA) is 50.7 Å². The van der Waals surface area contributed by atoms with Crippen LogP contribution in [0.5, 0.6) is 0 Å². The van der Waals surface area contributed by atoms with E-state index in [-0.39, 0.29) is 0 Å². The van der Waals surface area contributed by atoms with Gasteiger partial charge in [0.2, 0.25) is 0 Å². The van der Waals surface area contributed by atoms with Crippen LogP contribution < -0.4 is 5.73 Å². The maximum Gasteiger partial charge on any atom is 0.122 e. The Morgan fingerprint density at radius 3 is 2.27 bits per heavy atom. The molecule has 5 heteroatoms. The van der Waals surface area contributed by atoms with Crippen LogP contribution in [0.1, 0.15) is 18.4 Å². The van der Waals surface area contributed by atoms with Gasteiger partial charge in [-0.05, 0) is 18.6 Å². The lowest BCUT2D eigenvalue weighted by Gasteiger charge is -2.12. The van der Waals surface area contributed by atoms with E-state index in [0.717, 1.165) is 17.7 Å². The zero-order valence-electron chi connectivity index (χ0n) is 7.87. The van der Waals surface area contributed by atoms with Crippen LogP contribution in [0.15, 0.2) is 28.4 Å². The summed E-state index contributed by atoms with van der Waals surface area (Å²) in [6.07, 6.45) is 1.42.